The summed E-state index contributed by atoms with van der Waals surface area (Å²) in [7, 11) is 3.35. The molecule has 0 fully saturated rings. The van der Waals surface area contributed by atoms with Crippen LogP contribution in [-0.2, 0) is 6.54 Å². The third-order valence-electron chi connectivity index (χ3n) is 2.96. The van der Waals surface area contributed by atoms with Crippen LogP contribution in [0, 0.1) is 5.92 Å². The summed E-state index contributed by atoms with van der Waals surface area (Å²) in [5.41, 5.74) is 1.16. The minimum atomic E-state index is 0.511. The molecule has 0 heterocycles. The molecule has 1 rings (SSSR count). The van der Waals surface area contributed by atoms with Gasteiger partial charge in [-0.05, 0) is 25.3 Å². The maximum atomic E-state index is 5.38. The maximum absolute atomic E-state index is 5.38. The van der Waals surface area contributed by atoms with Crippen LogP contribution in [0.1, 0.15) is 32.8 Å². The lowest BCUT2D eigenvalue weighted by molar-refractivity contribution is 0.386. The number of nitrogens with one attached hydrogen (secondary N) is 1. The average Bonchev–Trinajstić information content (AvgIpc) is 2.35. The molecular formula is C15H25NO2. The summed E-state index contributed by atoms with van der Waals surface area (Å²) in [5.74, 6) is 2.41. The Hall–Kier alpha value is -1.22. The number of benzene rings is 1. The van der Waals surface area contributed by atoms with Gasteiger partial charge in [0.1, 0.15) is 11.5 Å². The van der Waals surface area contributed by atoms with E-state index in [1.807, 2.05) is 18.2 Å². The van der Waals surface area contributed by atoms with Gasteiger partial charge in [0.15, 0.2) is 0 Å². The Kier molecular flexibility index (Phi) is 5.99. The first-order valence-electron chi connectivity index (χ1n) is 6.51. The highest BCUT2D eigenvalue weighted by Gasteiger charge is 2.08. The van der Waals surface area contributed by atoms with Crippen molar-refractivity contribution in [3.05, 3.63) is 23.8 Å². The van der Waals surface area contributed by atoms with Crippen molar-refractivity contribution in [1.29, 1.82) is 0 Å². The molecule has 3 nitrogen and oxygen atoms in total. The first kappa shape index (κ1) is 14.8. The molecule has 0 aliphatic carbocycles. The Morgan fingerprint density at radius 1 is 1.11 bits per heavy atom. The summed E-state index contributed by atoms with van der Waals surface area (Å²) in [6.45, 7) is 7.52. The van der Waals surface area contributed by atoms with Crippen LogP contribution in [0.5, 0.6) is 11.5 Å². The molecule has 0 amide bonds. The van der Waals surface area contributed by atoms with Gasteiger partial charge in [-0.2, -0.15) is 0 Å². The maximum Gasteiger partial charge on any atom is 0.127 e. The predicted octanol–water partition coefficient (Wildman–Crippen LogP) is 3.23. The first-order chi connectivity index (χ1) is 8.56. The van der Waals surface area contributed by atoms with Crippen LogP contribution < -0.4 is 14.8 Å². The van der Waals surface area contributed by atoms with Gasteiger partial charge < -0.3 is 14.8 Å². The normalized spacial score (nSPS) is 12.6. The van der Waals surface area contributed by atoms with Gasteiger partial charge in [0.25, 0.3) is 0 Å². The van der Waals surface area contributed by atoms with Crippen LogP contribution in [0.2, 0.25) is 0 Å². The molecule has 3 heteroatoms. The second kappa shape index (κ2) is 7.27. The Balaban J connectivity index is 2.61. The van der Waals surface area contributed by atoms with E-state index in [-0.39, 0.29) is 0 Å². The van der Waals surface area contributed by atoms with E-state index in [2.05, 4.69) is 26.1 Å². The third-order valence-corrected chi connectivity index (χ3v) is 2.96. The third kappa shape index (κ3) is 4.57. The topological polar surface area (TPSA) is 30.5 Å². The van der Waals surface area contributed by atoms with Crippen molar-refractivity contribution >= 4 is 0 Å². The molecule has 1 unspecified atom stereocenters. The van der Waals surface area contributed by atoms with E-state index in [4.69, 9.17) is 9.47 Å². The second-order valence-electron chi connectivity index (χ2n) is 5.09. The Bertz CT molecular complexity index is 364. The van der Waals surface area contributed by atoms with Gasteiger partial charge in [0, 0.05) is 24.2 Å². The van der Waals surface area contributed by atoms with Crippen molar-refractivity contribution in [2.45, 2.75) is 39.8 Å². The SMILES string of the molecule is COc1ccc(CNC(C)CC(C)C)c(OC)c1. The number of methoxy groups -OCH3 is 2. The monoisotopic (exact) mass is 251 g/mol. The predicted molar refractivity (Wildman–Crippen MR) is 75.3 cm³/mol. The molecule has 0 spiro atoms. The molecular weight excluding hydrogens is 226 g/mol. The van der Waals surface area contributed by atoms with E-state index in [1.165, 1.54) is 6.42 Å². The van der Waals surface area contributed by atoms with Crippen LogP contribution >= 0.6 is 0 Å². The van der Waals surface area contributed by atoms with Crippen molar-refractivity contribution in [2.75, 3.05) is 14.2 Å². The molecule has 0 radical (unpaired) electrons. The smallest absolute Gasteiger partial charge is 0.127 e. The van der Waals surface area contributed by atoms with Crippen molar-refractivity contribution in [2.24, 2.45) is 5.92 Å². The van der Waals surface area contributed by atoms with Gasteiger partial charge in [0.2, 0.25) is 0 Å². The second-order valence-corrected chi connectivity index (χ2v) is 5.09. The summed E-state index contributed by atoms with van der Waals surface area (Å²) in [4.78, 5) is 0. The summed E-state index contributed by atoms with van der Waals surface area (Å²) >= 11 is 0. The number of hydrogen-bond donors (Lipinski definition) is 1. The van der Waals surface area contributed by atoms with Crippen LogP contribution in [0.15, 0.2) is 18.2 Å². The van der Waals surface area contributed by atoms with Crippen LogP contribution in [-0.4, -0.2) is 20.3 Å². The quantitative estimate of drug-likeness (QED) is 0.807. The highest BCUT2D eigenvalue weighted by Crippen LogP contribution is 2.24. The molecule has 0 aliphatic heterocycles. The molecule has 0 bridgehead atoms. The first-order valence-corrected chi connectivity index (χ1v) is 6.51. The lowest BCUT2D eigenvalue weighted by Gasteiger charge is -2.17. The van der Waals surface area contributed by atoms with E-state index < -0.39 is 0 Å². The molecule has 1 aromatic carbocycles. The highest BCUT2D eigenvalue weighted by atomic mass is 16.5. The fourth-order valence-electron chi connectivity index (χ4n) is 2.07. The Morgan fingerprint density at radius 2 is 1.83 bits per heavy atom. The van der Waals surface area contributed by atoms with E-state index in [1.54, 1.807) is 14.2 Å². The summed E-state index contributed by atoms with van der Waals surface area (Å²) in [6.07, 6.45) is 1.18. The molecule has 0 saturated carbocycles. The van der Waals surface area contributed by atoms with Gasteiger partial charge >= 0.3 is 0 Å². The van der Waals surface area contributed by atoms with E-state index >= 15 is 0 Å². The van der Waals surface area contributed by atoms with Crippen molar-refractivity contribution in [1.82, 2.24) is 5.32 Å². The zero-order chi connectivity index (χ0) is 13.5. The van der Waals surface area contributed by atoms with Crippen molar-refractivity contribution < 1.29 is 9.47 Å². The molecule has 1 aromatic rings. The van der Waals surface area contributed by atoms with Crippen LogP contribution in [0.4, 0.5) is 0 Å². The summed E-state index contributed by atoms with van der Waals surface area (Å²) < 4.78 is 10.6. The van der Waals surface area contributed by atoms with Gasteiger partial charge in [-0.1, -0.05) is 19.9 Å². The fourth-order valence-corrected chi connectivity index (χ4v) is 2.07. The molecule has 0 aromatic heterocycles. The van der Waals surface area contributed by atoms with Crippen molar-refractivity contribution in [3.8, 4) is 11.5 Å². The minimum Gasteiger partial charge on any atom is -0.497 e. The molecule has 1 atom stereocenters. The fraction of sp³-hybridized carbons (Fsp3) is 0.600. The van der Waals surface area contributed by atoms with Gasteiger partial charge in [0.05, 0.1) is 14.2 Å². The van der Waals surface area contributed by atoms with Crippen LogP contribution in [0.25, 0.3) is 0 Å². The molecule has 0 saturated heterocycles. The summed E-state index contributed by atoms with van der Waals surface area (Å²) in [5, 5.41) is 3.52. The zero-order valence-corrected chi connectivity index (χ0v) is 12.1. The number of hydrogen-bond acceptors (Lipinski definition) is 3. The highest BCUT2D eigenvalue weighted by molar-refractivity contribution is 5.40. The van der Waals surface area contributed by atoms with Gasteiger partial charge in [-0.3, -0.25) is 0 Å². The molecule has 0 aliphatic rings. The van der Waals surface area contributed by atoms with E-state index in [9.17, 15) is 0 Å². The lowest BCUT2D eigenvalue weighted by atomic mass is 10.0. The average molecular weight is 251 g/mol. The molecule has 102 valence electrons. The van der Waals surface area contributed by atoms with Gasteiger partial charge in [-0.15, -0.1) is 0 Å². The van der Waals surface area contributed by atoms with Crippen LogP contribution in [0.3, 0.4) is 0 Å². The van der Waals surface area contributed by atoms with Gasteiger partial charge in [-0.25, -0.2) is 0 Å². The minimum absolute atomic E-state index is 0.511. The Labute approximate surface area is 110 Å². The molecule has 18 heavy (non-hydrogen) atoms. The zero-order valence-electron chi connectivity index (χ0n) is 12.1. The van der Waals surface area contributed by atoms with Crippen molar-refractivity contribution in [3.63, 3.8) is 0 Å². The number of rotatable bonds is 7. The lowest BCUT2D eigenvalue weighted by Crippen LogP contribution is -2.27. The van der Waals surface area contributed by atoms with E-state index in [0.29, 0.717) is 12.0 Å². The van der Waals surface area contributed by atoms with E-state index in [0.717, 1.165) is 23.6 Å². The largest absolute Gasteiger partial charge is 0.497 e. The standard InChI is InChI=1S/C15H25NO2/c1-11(2)8-12(3)16-10-13-6-7-14(17-4)9-15(13)18-5/h6-7,9,11-12,16H,8,10H2,1-5H3. The molecule has 1 N–H and O–H groups in total. The number of ether oxygens (including phenoxy) is 2. The summed E-state index contributed by atoms with van der Waals surface area (Å²) in [6, 6.07) is 6.44. The Morgan fingerprint density at radius 3 is 2.39 bits per heavy atom.